The first kappa shape index (κ1) is 13.4. The van der Waals surface area contributed by atoms with E-state index in [2.05, 4.69) is 5.32 Å². The van der Waals surface area contributed by atoms with Gasteiger partial charge >= 0.3 is 0 Å². The second-order valence-corrected chi connectivity index (χ2v) is 6.06. The number of anilines is 1. The maximum absolute atomic E-state index is 13.8. The molecule has 1 aliphatic rings. The molecule has 2 aromatic carbocycles. The molecular formula is C16H15F2NS. The Balaban J connectivity index is 1.89. The average Bonchev–Trinajstić information content (AvgIpc) is 2.44. The van der Waals surface area contributed by atoms with E-state index in [0.717, 1.165) is 23.4 Å². The third-order valence-electron chi connectivity index (χ3n) is 3.54. The molecule has 1 N–H and O–H groups in total. The number of nitrogens with one attached hydrogen (secondary N) is 1. The highest BCUT2D eigenvalue weighted by atomic mass is 32.2. The van der Waals surface area contributed by atoms with Crippen molar-refractivity contribution in [2.24, 2.45) is 0 Å². The summed E-state index contributed by atoms with van der Waals surface area (Å²) in [6.45, 7) is 1.74. The predicted molar refractivity (Wildman–Crippen MR) is 79.2 cm³/mol. The fourth-order valence-corrected chi connectivity index (χ4v) is 3.56. The van der Waals surface area contributed by atoms with Crippen molar-refractivity contribution in [3.05, 3.63) is 59.2 Å². The van der Waals surface area contributed by atoms with Crippen LogP contribution in [-0.4, -0.2) is 5.75 Å². The highest BCUT2D eigenvalue weighted by Crippen LogP contribution is 2.39. The summed E-state index contributed by atoms with van der Waals surface area (Å²) in [6.07, 6.45) is 0.899. The Morgan fingerprint density at radius 2 is 2.00 bits per heavy atom. The van der Waals surface area contributed by atoms with Gasteiger partial charge in [0.15, 0.2) is 0 Å². The van der Waals surface area contributed by atoms with E-state index in [4.69, 9.17) is 0 Å². The molecule has 1 heterocycles. The summed E-state index contributed by atoms with van der Waals surface area (Å²) >= 11 is 1.55. The van der Waals surface area contributed by atoms with E-state index in [1.54, 1.807) is 30.8 Å². The van der Waals surface area contributed by atoms with Gasteiger partial charge in [0.25, 0.3) is 0 Å². The highest BCUT2D eigenvalue weighted by molar-refractivity contribution is 7.99. The van der Waals surface area contributed by atoms with Crippen LogP contribution in [0, 0.1) is 18.6 Å². The summed E-state index contributed by atoms with van der Waals surface area (Å²) in [5, 5.41) is 3.31. The quantitative estimate of drug-likeness (QED) is 0.842. The minimum absolute atomic E-state index is 0.0315. The maximum Gasteiger partial charge on any atom is 0.137 e. The molecule has 0 aliphatic carbocycles. The molecule has 20 heavy (non-hydrogen) atoms. The Morgan fingerprint density at radius 3 is 2.80 bits per heavy atom. The third-order valence-corrected chi connectivity index (χ3v) is 4.70. The average molecular weight is 291 g/mol. The number of thioether (sulfide) groups is 1. The molecule has 1 atom stereocenters. The minimum Gasteiger partial charge on any atom is -0.378 e. The van der Waals surface area contributed by atoms with Gasteiger partial charge in [-0.1, -0.05) is 18.2 Å². The Kier molecular flexibility index (Phi) is 3.66. The largest absolute Gasteiger partial charge is 0.378 e. The molecular weight excluding hydrogens is 276 g/mol. The van der Waals surface area contributed by atoms with E-state index < -0.39 is 0 Å². The van der Waals surface area contributed by atoms with Crippen LogP contribution in [0.4, 0.5) is 14.5 Å². The van der Waals surface area contributed by atoms with Gasteiger partial charge in [0.1, 0.15) is 11.6 Å². The number of hydrogen-bond donors (Lipinski definition) is 1. The van der Waals surface area contributed by atoms with E-state index >= 15 is 0 Å². The van der Waals surface area contributed by atoms with E-state index in [-0.39, 0.29) is 17.7 Å². The molecule has 1 aliphatic heterocycles. The lowest BCUT2D eigenvalue weighted by atomic mass is 10.0. The van der Waals surface area contributed by atoms with Crippen LogP contribution in [0.1, 0.15) is 23.6 Å². The molecule has 0 radical (unpaired) electrons. The van der Waals surface area contributed by atoms with Crippen molar-refractivity contribution in [2.45, 2.75) is 24.3 Å². The molecule has 0 saturated carbocycles. The lowest BCUT2D eigenvalue weighted by Gasteiger charge is -2.27. The summed E-state index contributed by atoms with van der Waals surface area (Å²) in [5.74, 6) is 0.466. The highest BCUT2D eigenvalue weighted by Gasteiger charge is 2.23. The molecule has 0 saturated heterocycles. The van der Waals surface area contributed by atoms with Gasteiger partial charge in [-0.05, 0) is 42.7 Å². The van der Waals surface area contributed by atoms with Crippen LogP contribution in [0.2, 0.25) is 0 Å². The molecule has 3 rings (SSSR count). The molecule has 4 heteroatoms. The van der Waals surface area contributed by atoms with Crippen LogP contribution in [-0.2, 0) is 0 Å². The fraction of sp³-hybridized carbons (Fsp3) is 0.250. The van der Waals surface area contributed by atoms with E-state index in [1.165, 1.54) is 12.1 Å². The van der Waals surface area contributed by atoms with Crippen molar-refractivity contribution in [3.63, 3.8) is 0 Å². The van der Waals surface area contributed by atoms with Crippen LogP contribution in [0.25, 0.3) is 0 Å². The van der Waals surface area contributed by atoms with E-state index in [9.17, 15) is 8.78 Å². The molecule has 0 bridgehead atoms. The molecule has 104 valence electrons. The van der Waals surface area contributed by atoms with E-state index in [1.807, 2.05) is 12.1 Å². The summed E-state index contributed by atoms with van der Waals surface area (Å²) in [5.41, 5.74) is 2.32. The van der Waals surface area contributed by atoms with Crippen LogP contribution < -0.4 is 5.32 Å². The maximum atomic E-state index is 13.8. The molecule has 2 aromatic rings. The molecule has 0 fully saturated rings. The molecule has 0 amide bonds. The summed E-state index contributed by atoms with van der Waals surface area (Å²) in [6, 6.07) is 10.3. The zero-order valence-corrected chi connectivity index (χ0v) is 11.9. The minimum atomic E-state index is -0.223. The zero-order valence-electron chi connectivity index (χ0n) is 11.1. The van der Waals surface area contributed by atoms with Crippen molar-refractivity contribution >= 4 is 17.4 Å². The smallest absolute Gasteiger partial charge is 0.137 e. The summed E-state index contributed by atoms with van der Waals surface area (Å²) in [4.78, 5) is 0.712. The van der Waals surface area contributed by atoms with Gasteiger partial charge < -0.3 is 5.32 Å². The van der Waals surface area contributed by atoms with Crippen molar-refractivity contribution in [1.82, 2.24) is 0 Å². The van der Waals surface area contributed by atoms with Crippen LogP contribution >= 0.6 is 11.8 Å². The van der Waals surface area contributed by atoms with Gasteiger partial charge in [-0.3, -0.25) is 0 Å². The van der Waals surface area contributed by atoms with Crippen LogP contribution in [0.5, 0.6) is 0 Å². The third kappa shape index (κ3) is 2.52. The van der Waals surface area contributed by atoms with Crippen molar-refractivity contribution < 1.29 is 8.78 Å². The number of hydrogen-bond acceptors (Lipinski definition) is 2. The Hall–Kier alpha value is -1.55. The number of fused-ring (bicyclic) bond motifs is 1. The van der Waals surface area contributed by atoms with E-state index in [0.29, 0.717) is 10.5 Å². The molecule has 1 nitrogen and oxygen atoms in total. The molecule has 0 aromatic heterocycles. The van der Waals surface area contributed by atoms with Crippen molar-refractivity contribution in [3.8, 4) is 0 Å². The zero-order chi connectivity index (χ0) is 14.1. The number of aryl methyl sites for hydroxylation is 1. The van der Waals surface area contributed by atoms with Gasteiger partial charge in [0, 0.05) is 16.3 Å². The molecule has 1 unspecified atom stereocenters. The molecule has 0 spiro atoms. The predicted octanol–water partition coefficient (Wildman–Crippen LogP) is 4.92. The fourth-order valence-electron chi connectivity index (χ4n) is 2.42. The Morgan fingerprint density at radius 1 is 1.15 bits per heavy atom. The lowest BCUT2D eigenvalue weighted by molar-refractivity contribution is 0.584. The topological polar surface area (TPSA) is 12.0 Å². The lowest BCUT2D eigenvalue weighted by Crippen LogP contribution is -2.17. The first-order valence-electron chi connectivity index (χ1n) is 6.59. The van der Waals surface area contributed by atoms with Gasteiger partial charge in [-0.15, -0.1) is 11.8 Å². The first-order chi connectivity index (χ1) is 9.65. The standard InChI is InChI=1S/C16H15F2NS/c1-10-5-6-11(9-14(10)18)19-15-7-8-20-16-12(15)3-2-4-13(16)17/h2-6,9,15,19H,7-8H2,1H3. The number of halogens is 2. The Bertz CT molecular complexity index is 642. The SMILES string of the molecule is Cc1ccc(NC2CCSc3c(F)cccc32)cc1F. The van der Waals surface area contributed by atoms with Gasteiger partial charge in [0.2, 0.25) is 0 Å². The number of rotatable bonds is 2. The van der Waals surface area contributed by atoms with Crippen LogP contribution in [0.15, 0.2) is 41.3 Å². The van der Waals surface area contributed by atoms with Crippen molar-refractivity contribution in [2.75, 3.05) is 11.1 Å². The summed E-state index contributed by atoms with van der Waals surface area (Å²) < 4.78 is 27.4. The van der Waals surface area contributed by atoms with Gasteiger partial charge in [0.05, 0.1) is 6.04 Å². The monoisotopic (exact) mass is 291 g/mol. The second kappa shape index (κ2) is 5.44. The van der Waals surface area contributed by atoms with Gasteiger partial charge in [-0.2, -0.15) is 0 Å². The van der Waals surface area contributed by atoms with Gasteiger partial charge in [-0.25, -0.2) is 8.78 Å². The number of benzene rings is 2. The second-order valence-electron chi connectivity index (χ2n) is 4.96. The summed E-state index contributed by atoms with van der Waals surface area (Å²) in [7, 11) is 0. The van der Waals surface area contributed by atoms with Crippen molar-refractivity contribution in [1.29, 1.82) is 0 Å². The van der Waals surface area contributed by atoms with Crippen LogP contribution in [0.3, 0.4) is 0 Å². The Labute approximate surface area is 121 Å². The normalized spacial score (nSPS) is 17.6. The first-order valence-corrected chi connectivity index (χ1v) is 7.57.